The molecule has 164 valence electrons. The zero-order valence-corrected chi connectivity index (χ0v) is 18.1. The molecule has 0 atom stereocenters. The summed E-state index contributed by atoms with van der Waals surface area (Å²) in [5, 5.41) is 11.3. The summed E-state index contributed by atoms with van der Waals surface area (Å²) in [4.78, 5) is 28.2. The Morgan fingerprint density at radius 2 is 1.87 bits per heavy atom. The lowest BCUT2D eigenvalue weighted by Crippen LogP contribution is -2.25. The van der Waals surface area contributed by atoms with Gasteiger partial charge in [0.15, 0.2) is 11.5 Å². The molecule has 0 aliphatic carbocycles. The Bertz CT molecular complexity index is 1120. The minimum absolute atomic E-state index is 0.0462. The molecular formula is C23H27N3O5. The highest BCUT2D eigenvalue weighted by molar-refractivity contribution is 5.86. The number of rotatable bonds is 10. The summed E-state index contributed by atoms with van der Waals surface area (Å²) in [6.45, 7) is 4.87. The van der Waals surface area contributed by atoms with E-state index in [9.17, 15) is 14.9 Å². The second-order valence-corrected chi connectivity index (χ2v) is 7.34. The molecule has 0 saturated heterocycles. The van der Waals surface area contributed by atoms with E-state index in [0.717, 1.165) is 24.8 Å². The molecular weight excluding hydrogens is 398 g/mol. The number of ether oxygens (including phenoxy) is 2. The van der Waals surface area contributed by atoms with E-state index in [1.165, 1.54) is 12.1 Å². The topological polar surface area (TPSA) is 96.5 Å². The summed E-state index contributed by atoms with van der Waals surface area (Å²) in [6, 6.07) is 9.80. The number of aryl methyl sites for hydroxylation is 2. The Labute approximate surface area is 180 Å². The minimum atomic E-state index is -0.429. The van der Waals surface area contributed by atoms with E-state index in [1.807, 2.05) is 0 Å². The molecule has 3 aromatic rings. The molecule has 3 rings (SSSR count). The Kier molecular flexibility index (Phi) is 7.23. The number of hydrogen-bond donors (Lipinski definition) is 0. The Balaban J connectivity index is 1.89. The third-order valence-electron chi connectivity index (χ3n) is 5.22. The van der Waals surface area contributed by atoms with E-state index in [2.05, 4.69) is 11.9 Å². The number of nitro benzene ring substituents is 1. The molecule has 31 heavy (non-hydrogen) atoms. The summed E-state index contributed by atoms with van der Waals surface area (Å²) in [5.41, 5.74) is 1.31. The fraction of sp³-hybridized carbons (Fsp3) is 0.391. The van der Waals surface area contributed by atoms with Gasteiger partial charge >= 0.3 is 0 Å². The molecule has 0 radical (unpaired) electrons. The van der Waals surface area contributed by atoms with E-state index in [-0.39, 0.29) is 11.2 Å². The SMILES string of the molecule is CCCCCOc1c(OC)ccc2c(=O)n(CCc3ccc([N+](=O)[O-])cc3)c(C)nc12. The van der Waals surface area contributed by atoms with Crippen LogP contribution in [0, 0.1) is 17.0 Å². The van der Waals surface area contributed by atoms with Crippen molar-refractivity contribution in [2.45, 2.75) is 46.1 Å². The van der Waals surface area contributed by atoms with Crippen molar-refractivity contribution in [2.24, 2.45) is 0 Å². The smallest absolute Gasteiger partial charge is 0.269 e. The van der Waals surface area contributed by atoms with Crippen LogP contribution in [0.5, 0.6) is 11.5 Å². The molecule has 8 heteroatoms. The van der Waals surface area contributed by atoms with Crippen molar-refractivity contribution in [1.29, 1.82) is 0 Å². The third kappa shape index (κ3) is 5.02. The highest BCUT2D eigenvalue weighted by atomic mass is 16.6. The maximum Gasteiger partial charge on any atom is 0.269 e. The van der Waals surface area contributed by atoms with Crippen molar-refractivity contribution in [2.75, 3.05) is 13.7 Å². The first-order chi connectivity index (χ1) is 15.0. The van der Waals surface area contributed by atoms with Gasteiger partial charge in [0.1, 0.15) is 11.3 Å². The molecule has 1 aromatic heterocycles. The molecule has 0 fully saturated rings. The van der Waals surface area contributed by atoms with Crippen LogP contribution in [0.3, 0.4) is 0 Å². The molecule has 0 aliphatic rings. The fourth-order valence-electron chi connectivity index (χ4n) is 3.47. The maximum atomic E-state index is 13.2. The molecule has 1 heterocycles. The normalized spacial score (nSPS) is 10.9. The van der Waals surface area contributed by atoms with Gasteiger partial charge in [-0.25, -0.2) is 4.98 Å². The predicted octanol–water partition coefficient (Wildman–Crippen LogP) is 4.43. The first kappa shape index (κ1) is 22.3. The second kappa shape index (κ2) is 10.1. The van der Waals surface area contributed by atoms with Gasteiger partial charge in [0, 0.05) is 18.7 Å². The van der Waals surface area contributed by atoms with Gasteiger partial charge in [-0.2, -0.15) is 0 Å². The molecule has 8 nitrogen and oxygen atoms in total. The van der Waals surface area contributed by atoms with Crippen LogP contribution < -0.4 is 15.0 Å². The first-order valence-corrected chi connectivity index (χ1v) is 10.4. The van der Waals surface area contributed by atoms with Gasteiger partial charge < -0.3 is 9.47 Å². The van der Waals surface area contributed by atoms with Crippen molar-refractivity contribution >= 4 is 16.6 Å². The summed E-state index contributed by atoms with van der Waals surface area (Å²) < 4.78 is 13.0. The predicted molar refractivity (Wildman–Crippen MR) is 119 cm³/mol. The van der Waals surface area contributed by atoms with E-state index in [1.54, 1.807) is 42.9 Å². The lowest BCUT2D eigenvalue weighted by atomic mass is 10.1. The van der Waals surface area contributed by atoms with Crippen molar-refractivity contribution in [3.8, 4) is 11.5 Å². The van der Waals surface area contributed by atoms with Crippen molar-refractivity contribution in [1.82, 2.24) is 9.55 Å². The van der Waals surface area contributed by atoms with Crippen LogP contribution in [-0.2, 0) is 13.0 Å². The molecule has 2 aromatic carbocycles. The molecule has 0 N–H and O–H groups in total. The summed E-state index contributed by atoms with van der Waals surface area (Å²) in [5.74, 6) is 1.63. The fourth-order valence-corrected chi connectivity index (χ4v) is 3.47. The van der Waals surface area contributed by atoms with Gasteiger partial charge in [-0.1, -0.05) is 31.9 Å². The first-order valence-electron chi connectivity index (χ1n) is 10.4. The minimum Gasteiger partial charge on any atom is -0.493 e. The Morgan fingerprint density at radius 3 is 2.52 bits per heavy atom. The second-order valence-electron chi connectivity index (χ2n) is 7.34. The van der Waals surface area contributed by atoms with E-state index in [4.69, 9.17) is 9.47 Å². The summed E-state index contributed by atoms with van der Waals surface area (Å²) >= 11 is 0. The number of aromatic nitrogens is 2. The quantitative estimate of drug-likeness (QED) is 0.271. The highest BCUT2D eigenvalue weighted by Gasteiger charge is 2.17. The zero-order chi connectivity index (χ0) is 22.4. The van der Waals surface area contributed by atoms with E-state index in [0.29, 0.717) is 47.8 Å². The third-order valence-corrected chi connectivity index (χ3v) is 5.22. The van der Waals surface area contributed by atoms with Crippen LogP contribution in [0.4, 0.5) is 5.69 Å². The van der Waals surface area contributed by atoms with Crippen LogP contribution in [0.25, 0.3) is 10.9 Å². The summed E-state index contributed by atoms with van der Waals surface area (Å²) in [6.07, 6.45) is 3.63. The average Bonchev–Trinajstić information content (AvgIpc) is 2.76. The Hall–Kier alpha value is -3.42. The van der Waals surface area contributed by atoms with Gasteiger partial charge in [-0.05, 0) is 37.5 Å². The van der Waals surface area contributed by atoms with E-state index < -0.39 is 4.92 Å². The van der Waals surface area contributed by atoms with Gasteiger partial charge in [-0.15, -0.1) is 0 Å². The van der Waals surface area contributed by atoms with Crippen molar-refractivity contribution in [3.05, 3.63) is 68.3 Å². The number of nitrogens with zero attached hydrogens (tertiary/aromatic N) is 3. The van der Waals surface area contributed by atoms with Gasteiger partial charge in [-0.3, -0.25) is 19.5 Å². The summed E-state index contributed by atoms with van der Waals surface area (Å²) in [7, 11) is 1.57. The monoisotopic (exact) mass is 425 g/mol. The van der Waals surface area contributed by atoms with Crippen LogP contribution in [0.1, 0.15) is 37.6 Å². The Morgan fingerprint density at radius 1 is 1.13 bits per heavy atom. The number of fused-ring (bicyclic) bond motifs is 1. The number of hydrogen-bond acceptors (Lipinski definition) is 6. The lowest BCUT2D eigenvalue weighted by Gasteiger charge is -2.15. The van der Waals surface area contributed by atoms with Gasteiger partial charge in [0.05, 0.1) is 24.0 Å². The standard InChI is InChI=1S/C23H27N3O5/c1-4-5-6-15-31-22-20(30-3)12-11-19-21(22)24-16(2)25(23(19)27)14-13-17-7-9-18(10-8-17)26(28)29/h7-12H,4-6,13-15H2,1-3H3. The molecule has 0 aliphatic heterocycles. The van der Waals surface area contributed by atoms with Gasteiger partial charge in [0.2, 0.25) is 0 Å². The zero-order valence-electron chi connectivity index (χ0n) is 18.1. The number of benzene rings is 2. The van der Waals surface area contributed by atoms with Gasteiger partial charge in [0.25, 0.3) is 11.2 Å². The largest absolute Gasteiger partial charge is 0.493 e. The lowest BCUT2D eigenvalue weighted by molar-refractivity contribution is -0.384. The molecule has 0 unspecified atom stereocenters. The average molecular weight is 425 g/mol. The van der Waals surface area contributed by atoms with Crippen LogP contribution in [0.15, 0.2) is 41.2 Å². The van der Waals surface area contributed by atoms with Crippen LogP contribution in [0.2, 0.25) is 0 Å². The molecule has 0 amide bonds. The van der Waals surface area contributed by atoms with Crippen molar-refractivity contribution in [3.63, 3.8) is 0 Å². The highest BCUT2D eigenvalue weighted by Crippen LogP contribution is 2.33. The van der Waals surface area contributed by atoms with Crippen LogP contribution in [-0.4, -0.2) is 28.2 Å². The molecule has 0 spiro atoms. The van der Waals surface area contributed by atoms with Crippen LogP contribution >= 0.6 is 0 Å². The number of unbranched alkanes of at least 4 members (excludes halogenated alkanes) is 2. The number of nitro groups is 1. The maximum absolute atomic E-state index is 13.2. The van der Waals surface area contributed by atoms with Crippen molar-refractivity contribution < 1.29 is 14.4 Å². The molecule has 0 saturated carbocycles. The van der Waals surface area contributed by atoms with E-state index >= 15 is 0 Å². The molecule has 0 bridgehead atoms. The number of non-ortho nitro benzene ring substituents is 1. The number of methoxy groups -OCH3 is 1.